The Kier molecular flexibility index (Phi) is 3.26. The van der Waals surface area contributed by atoms with Crippen LogP contribution in [0.25, 0.3) is 0 Å². The Hall–Kier alpha value is -0.900. The van der Waals surface area contributed by atoms with Crippen molar-refractivity contribution in [3.8, 4) is 0 Å². The van der Waals surface area contributed by atoms with Crippen molar-refractivity contribution in [1.29, 1.82) is 0 Å². The van der Waals surface area contributed by atoms with Crippen LogP contribution in [0.1, 0.15) is 46.4 Å². The molecule has 1 N–H and O–H groups in total. The third-order valence-corrected chi connectivity index (χ3v) is 1.89. The molecule has 1 heterocycles. The molecule has 1 aromatic rings. The molecule has 4 heteroatoms. The van der Waals surface area contributed by atoms with Gasteiger partial charge in [-0.05, 0) is 34.6 Å². The number of rotatable bonds is 3. The molecular formula is C10H20N4. The fourth-order valence-electron chi connectivity index (χ4n) is 1.00. The van der Waals surface area contributed by atoms with Crippen LogP contribution in [0.2, 0.25) is 0 Å². The highest BCUT2D eigenvalue weighted by atomic mass is 15.4. The summed E-state index contributed by atoms with van der Waals surface area (Å²) in [6.45, 7) is 11.4. The van der Waals surface area contributed by atoms with Gasteiger partial charge < -0.3 is 5.32 Å². The van der Waals surface area contributed by atoms with E-state index in [1.54, 1.807) is 0 Å². The van der Waals surface area contributed by atoms with E-state index < -0.39 is 0 Å². The van der Waals surface area contributed by atoms with Crippen LogP contribution >= 0.6 is 0 Å². The molecule has 0 atom stereocenters. The topological polar surface area (TPSA) is 42.7 Å². The number of nitrogens with one attached hydrogen (secondary N) is 1. The maximum absolute atomic E-state index is 4.09. The number of hydrogen-bond acceptors (Lipinski definition) is 3. The number of nitrogens with zero attached hydrogens (tertiary/aromatic N) is 3. The van der Waals surface area contributed by atoms with Crippen molar-refractivity contribution in [3.63, 3.8) is 0 Å². The molecule has 0 amide bonds. The van der Waals surface area contributed by atoms with Crippen molar-refractivity contribution in [2.24, 2.45) is 0 Å². The molecule has 0 fully saturated rings. The van der Waals surface area contributed by atoms with Gasteiger partial charge in [0, 0.05) is 18.1 Å². The van der Waals surface area contributed by atoms with E-state index in [2.05, 4.69) is 50.2 Å². The van der Waals surface area contributed by atoms with Gasteiger partial charge in [0.1, 0.15) is 0 Å². The molecule has 4 nitrogen and oxygen atoms in total. The fraction of sp³-hybridized carbons (Fsp3) is 0.800. The smallest absolute Gasteiger partial charge is 0.0965 e. The van der Waals surface area contributed by atoms with E-state index in [0.717, 1.165) is 12.2 Å². The van der Waals surface area contributed by atoms with Crippen molar-refractivity contribution in [2.45, 2.75) is 52.7 Å². The van der Waals surface area contributed by atoms with Crippen LogP contribution in [0.5, 0.6) is 0 Å². The first-order chi connectivity index (χ1) is 6.38. The summed E-state index contributed by atoms with van der Waals surface area (Å²) in [5, 5.41) is 11.5. The minimum absolute atomic E-state index is 0.127. The minimum atomic E-state index is 0.127. The first-order valence-electron chi connectivity index (χ1n) is 5.04. The molecular weight excluding hydrogens is 176 g/mol. The lowest BCUT2D eigenvalue weighted by atomic mass is 10.1. The first kappa shape index (κ1) is 11.2. The van der Waals surface area contributed by atoms with E-state index in [-0.39, 0.29) is 5.54 Å². The molecule has 0 radical (unpaired) electrons. The van der Waals surface area contributed by atoms with Crippen LogP contribution in [0, 0.1) is 0 Å². The molecule has 0 unspecified atom stereocenters. The van der Waals surface area contributed by atoms with E-state index in [0.29, 0.717) is 6.04 Å². The largest absolute Gasteiger partial charge is 0.306 e. The molecule has 1 rings (SSSR count). The zero-order valence-electron chi connectivity index (χ0n) is 9.70. The summed E-state index contributed by atoms with van der Waals surface area (Å²) < 4.78 is 1.87. The third-order valence-electron chi connectivity index (χ3n) is 1.89. The predicted molar refractivity (Wildman–Crippen MR) is 57.0 cm³/mol. The second kappa shape index (κ2) is 4.09. The van der Waals surface area contributed by atoms with Crippen LogP contribution in [0.3, 0.4) is 0 Å². The average molecular weight is 196 g/mol. The van der Waals surface area contributed by atoms with Crippen molar-refractivity contribution in [2.75, 3.05) is 0 Å². The van der Waals surface area contributed by atoms with Crippen molar-refractivity contribution in [3.05, 3.63) is 11.9 Å². The Morgan fingerprint density at radius 3 is 2.50 bits per heavy atom. The van der Waals surface area contributed by atoms with Gasteiger partial charge in [0.2, 0.25) is 0 Å². The van der Waals surface area contributed by atoms with Gasteiger partial charge >= 0.3 is 0 Å². The van der Waals surface area contributed by atoms with Gasteiger partial charge in [-0.1, -0.05) is 5.21 Å². The maximum atomic E-state index is 4.09. The lowest BCUT2D eigenvalue weighted by Gasteiger charge is -2.19. The molecule has 0 aliphatic heterocycles. The second-order valence-electron chi connectivity index (χ2n) is 4.89. The van der Waals surface area contributed by atoms with Gasteiger partial charge in [-0.25, -0.2) is 4.68 Å². The van der Waals surface area contributed by atoms with Crippen LogP contribution in [-0.2, 0) is 6.54 Å². The Bertz CT molecular complexity index is 283. The van der Waals surface area contributed by atoms with Crippen LogP contribution in [0.15, 0.2) is 6.20 Å². The Morgan fingerprint density at radius 1 is 1.43 bits per heavy atom. The number of hydrogen-bond donors (Lipinski definition) is 1. The zero-order valence-corrected chi connectivity index (χ0v) is 9.70. The van der Waals surface area contributed by atoms with Crippen molar-refractivity contribution in [1.82, 2.24) is 20.3 Å². The molecule has 0 aliphatic carbocycles. The summed E-state index contributed by atoms with van der Waals surface area (Å²) in [7, 11) is 0. The van der Waals surface area contributed by atoms with Crippen molar-refractivity contribution >= 4 is 0 Å². The summed E-state index contributed by atoms with van der Waals surface area (Å²) in [4.78, 5) is 0. The van der Waals surface area contributed by atoms with Gasteiger partial charge in [-0.2, -0.15) is 0 Å². The Balaban J connectivity index is 2.52. The predicted octanol–water partition coefficient (Wildman–Crippen LogP) is 1.75. The highest BCUT2D eigenvalue weighted by Gasteiger charge is 2.10. The molecule has 0 aromatic carbocycles. The van der Waals surface area contributed by atoms with Crippen LogP contribution in [0.4, 0.5) is 0 Å². The average Bonchev–Trinajstić information content (AvgIpc) is 2.47. The minimum Gasteiger partial charge on any atom is -0.306 e. The zero-order chi connectivity index (χ0) is 10.8. The van der Waals surface area contributed by atoms with Crippen LogP contribution < -0.4 is 5.32 Å². The molecule has 0 saturated carbocycles. The van der Waals surface area contributed by atoms with E-state index in [1.165, 1.54) is 0 Å². The highest BCUT2D eigenvalue weighted by molar-refractivity contribution is 4.93. The summed E-state index contributed by atoms with van der Waals surface area (Å²) in [5.74, 6) is 0. The molecule has 80 valence electrons. The van der Waals surface area contributed by atoms with E-state index in [4.69, 9.17) is 0 Å². The summed E-state index contributed by atoms with van der Waals surface area (Å²) in [6.07, 6.45) is 1.99. The monoisotopic (exact) mass is 196 g/mol. The quantitative estimate of drug-likeness (QED) is 0.801. The Morgan fingerprint density at radius 2 is 2.07 bits per heavy atom. The first-order valence-corrected chi connectivity index (χ1v) is 5.04. The summed E-state index contributed by atoms with van der Waals surface area (Å²) in [6, 6.07) is 0.380. The van der Waals surface area contributed by atoms with Gasteiger partial charge in [0.15, 0.2) is 0 Å². The van der Waals surface area contributed by atoms with Gasteiger partial charge in [0.25, 0.3) is 0 Å². The molecule has 14 heavy (non-hydrogen) atoms. The fourth-order valence-corrected chi connectivity index (χ4v) is 1.00. The molecule has 0 saturated heterocycles. The van der Waals surface area contributed by atoms with Gasteiger partial charge in [0.05, 0.1) is 11.9 Å². The molecule has 1 aromatic heterocycles. The Labute approximate surface area is 85.7 Å². The van der Waals surface area contributed by atoms with Crippen LogP contribution in [-0.4, -0.2) is 20.5 Å². The number of aromatic nitrogens is 3. The van der Waals surface area contributed by atoms with Gasteiger partial charge in [-0.3, -0.25) is 0 Å². The van der Waals surface area contributed by atoms with E-state index >= 15 is 0 Å². The molecule has 0 aliphatic rings. The van der Waals surface area contributed by atoms with Gasteiger partial charge in [-0.15, -0.1) is 5.10 Å². The highest BCUT2D eigenvalue weighted by Crippen LogP contribution is 2.04. The summed E-state index contributed by atoms with van der Waals surface area (Å²) in [5.41, 5.74) is 1.12. The normalized spacial score (nSPS) is 12.4. The van der Waals surface area contributed by atoms with E-state index in [1.807, 2.05) is 10.9 Å². The SMILES string of the molecule is CC(C)n1cc(CNC(C)(C)C)nn1. The lowest BCUT2D eigenvalue weighted by Crippen LogP contribution is -2.35. The standard InChI is InChI=1S/C10H20N4/c1-8(2)14-7-9(12-13-14)6-11-10(3,4)5/h7-8,11H,6H2,1-5H3. The lowest BCUT2D eigenvalue weighted by molar-refractivity contribution is 0.421. The third kappa shape index (κ3) is 3.46. The second-order valence-corrected chi connectivity index (χ2v) is 4.89. The molecule has 0 bridgehead atoms. The maximum Gasteiger partial charge on any atom is 0.0965 e. The van der Waals surface area contributed by atoms with Crippen molar-refractivity contribution < 1.29 is 0 Å². The van der Waals surface area contributed by atoms with E-state index in [9.17, 15) is 0 Å². The molecule has 0 spiro atoms. The summed E-state index contributed by atoms with van der Waals surface area (Å²) >= 11 is 0.